The van der Waals surface area contributed by atoms with Crippen LogP contribution in [0.25, 0.3) is 0 Å². The summed E-state index contributed by atoms with van der Waals surface area (Å²) in [6, 6.07) is 7.35. The fraction of sp³-hybridized carbons (Fsp3) is 0.488. The van der Waals surface area contributed by atoms with Crippen molar-refractivity contribution in [2.24, 2.45) is 5.41 Å². The highest BCUT2D eigenvalue weighted by Crippen LogP contribution is 2.59. The number of carbonyl (C=O) groups is 6. The van der Waals surface area contributed by atoms with Crippen molar-refractivity contribution in [3.05, 3.63) is 69.4 Å². The van der Waals surface area contributed by atoms with Gasteiger partial charge < -0.3 is 26.6 Å². The molecular weight excluding hydrogens is 745 g/mol. The van der Waals surface area contributed by atoms with Crippen molar-refractivity contribution >= 4 is 58.5 Å². The lowest BCUT2D eigenvalue weighted by molar-refractivity contribution is -0.136. The van der Waals surface area contributed by atoms with E-state index in [-0.39, 0.29) is 47.8 Å². The second-order valence-electron chi connectivity index (χ2n) is 16.2. The Morgan fingerprint density at radius 1 is 0.845 bits per heavy atom. The number of rotatable bonds is 15. The Bertz CT molecular complexity index is 2260. The van der Waals surface area contributed by atoms with E-state index in [1.54, 1.807) is 34.9 Å². The molecule has 2 spiro atoms. The Morgan fingerprint density at radius 2 is 1.59 bits per heavy atom. The highest BCUT2D eigenvalue weighted by molar-refractivity contribution is 6.25. The number of hydrogen-bond donors (Lipinski definition) is 6. The molecule has 304 valence electrons. The minimum absolute atomic E-state index is 0.0632. The predicted octanol–water partition coefficient (Wildman–Crippen LogP) is 3.43. The van der Waals surface area contributed by atoms with Crippen LogP contribution in [0.15, 0.2) is 41.5 Å². The number of anilines is 4. The van der Waals surface area contributed by atoms with Crippen molar-refractivity contribution in [3.63, 3.8) is 0 Å². The van der Waals surface area contributed by atoms with Crippen molar-refractivity contribution in [1.29, 1.82) is 0 Å². The minimum Gasteiger partial charge on any atom is -0.384 e. The summed E-state index contributed by atoms with van der Waals surface area (Å²) in [5.41, 5.74) is 1.91. The number of imide groups is 2. The number of hydrogen-bond acceptors (Lipinski definition) is 12. The third kappa shape index (κ3) is 7.52. The van der Waals surface area contributed by atoms with Gasteiger partial charge in [0.2, 0.25) is 17.7 Å². The fourth-order valence-electron chi connectivity index (χ4n) is 8.84. The summed E-state index contributed by atoms with van der Waals surface area (Å²) in [6.45, 7) is 3.28. The van der Waals surface area contributed by atoms with Gasteiger partial charge >= 0.3 is 0 Å². The molecule has 1 saturated heterocycles. The first kappa shape index (κ1) is 38.7. The molecule has 5 heterocycles. The maximum atomic E-state index is 13.9. The van der Waals surface area contributed by atoms with E-state index in [9.17, 15) is 33.6 Å². The van der Waals surface area contributed by atoms with Gasteiger partial charge in [-0.1, -0.05) is 18.9 Å². The Labute approximate surface area is 334 Å². The molecule has 1 unspecified atom stereocenters. The average molecular weight is 793 g/mol. The second kappa shape index (κ2) is 15.7. The van der Waals surface area contributed by atoms with Crippen LogP contribution in [0.1, 0.15) is 120 Å². The smallest absolute Gasteiger partial charge is 0.276 e. The zero-order valence-corrected chi connectivity index (χ0v) is 32.5. The minimum atomic E-state index is -1.01. The van der Waals surface area contributed by atoms with Gasteiger partial charge in [-0.3, -0.25) is 48.3 Å². The number of piperidine rings is 1. The van der Waals surface area contributed by atoms with Gasteiger partial charge in [-0.2, -0.15) is 0 Å². The van der Waals surface area contributed by atoms with Gasteiger partial charge in [0.1, 0.15) is 41.0 Å². The van der Waals surface area contributed by atoms with Crippen LogP contribution in [0.4, 0.5) is 23.0 Å². The molecule has 6 amide bonds. The van der Waals surface area contributed by atoms with E-state index in [1.807, 2.05) is 6.92 Å². The molecule has 1 aromatic carbocycles. The van der Waals surface area contributed by atoms with Crippen LogP contribution >= 0.6 is 0 Å². The van der Waals surface area contributed by atoms with Gasteiger partial charge in [0, 0.05) is 44.2 Å². The average Bonchev–Trinajstić information content (AvgIpc) is 3.83. The third-order valence-electron chi connectivity index (χ3n) is 12.3. The second-order valence-corrected chi connectivity index (χ2v) is 16.2. The molecule has 17 heteroatoms. The highest BCUT2D eigenvalue weighted by atomic mass is 16.2. The van der Waals surface area contributed by atoms with Gasteiger partial charge in [-0.25, -0.2) is 9.97 Å². The summed E-state index contributed by atoms with van der Waals surface area (Å²) in [5, 5.41) is 17.9. The molecule has 58 heavy (non-hydrogen) atoms. The molecule has 17 nitrogen and oxygen atoms in total. The number of fused-ring (bicyclic) bond motifs is 3. The number of aryl methyl sites for hydroxylation is 1. The van der Waals surface area contributed by atoms with Crippen molar-refractivity contribution < 1.29 is 28.8 Å². The molecule has 0 bridgehead atoms. The van der Waals surface area contributed by atoms with Gasteiger partial charge in [0.05, 0.1) is 11.1 Å². The third-order valence-corrected chi connectivity index (χ3v) is 12.3. The lowest BCUT2D eigenvalue weighted by Gasteiger charge is -2.39. The van der Waals surface area contributed by atoms with Gasteiger partial charge in [-0.15, -0.1) is 0 Å². The zero-order valence-electron chi connectivity index (χ0n) is 32.5. The van der Waals surface area contributed by atoms with Crippen LogP contribution in [0.2, 0.25) is 0 Å². The number of nitrogens with zero attached hydrogens (tertiary/aromatic N) is 4. The molecule has 3 aliphatic heterocycles. The van der Waals surface area contributed by atoms with E-state index in [4.69, 9.17) is 0 Å². The molecule has 5 aliphatic rings. The van der Waals surface area contributed by atoms with E-state index < -0.39 is 35.3 Å². The van der Waals surface area contributed by atoms with Crippen LogP contribution in [0.3, 0.4) is 0 Å². The summed E-state index contributed by atoms with van der Waals surface area (Å²) in [6.07, 6.45) is 11.1. The molecule has 3 fully saturated rings. The van der Waals surface area contributed by atoms with E-state index in [0.717, 1.165) is 56.3 Å². The summed E-state index contributed by atoms with van der Waals surface area (Å²) in [7, 11) is 0. The molecule has 2 aliphatic carbocycles. The standard InChI is InChI=1S/C41H48N10O7/c1-24-21-27(38(57)51-34(24)36(55)49-41(51)16-14-40(12-13-40)15-17-41)47-30-22-29(45-23-46-30)43-20-11-31(52)44-19-5-3-2-4-18-42-26-8-6-7-25-33(26)39(58)50(37(25)56)28-9-10-32(53)48-35(28)54/h6-8,21-23,28,42H,2-5,9-20H2,1H3,(H,44,52)(H,49,55)(H,48,53,54)(H2,43,45,46,47). The topological polar surface area (TPSA) is 226 Å². The van der Waals surface area contributed by atoms with Gasteiger partial charge in [0.25, 0.3) is 23.3 Å². The molecule has 2 aromatic heterocycles. The molecule has 2 saturated carbocycles. The van der Waals surface area contributed by atoms with Gasteiger partial charge in [-0.05, 0) is 93.9 Å². The molecule has 8 rings (SSSR count). The number of aromatic nitrogens is 3. The van der Waals surface area contributed by atoms with Crippen molar-refractivity contribution in [1.82, 2.24) is 35.4 Å². The number of nitrogens with one attached hydrogen (secondary N) is 6. The van der Waals surface area contributed by atoms with Crippen LogP contribution in [-0.2, 0) is 20.0 Å². The first-order valence-corrected chi connectivity index (χ1v) is 20.3. The molecule has 0 radical (unpaired) electrons. The summed E-state index contributed by atoms with van der Waals surface area (Å²) in [4.78, 5) is 99.2. The maximum Gasteiger partial charge on any atom is 0.276 e. The lowest BCUT2D eigenvalue weighted by Crippen LogP contribution is -2.54. The Kier molecular flexibility index (Phi) is 10.5. The molecule has 6 N–H and O–H groups in total. The fourth-order valence-corrected chi connectivity index (χ4v) is 8.84. The molecule has 3 aromatic rings. The Morgan fingerprint density at radius 3 is 2.34 bits per heavy atom. The number of carbonyl (C=O) groups excluding carboxylic acids is 6. The Balaban J connectivity index is 0.742. The quantitative estimate of drug-likeness (QED) is 0.0962. The van der Waals surface area contributed by atoms with Crippen LogP contribution in [0, 0.1) is 12.3 Å². The van der Waals surface area contributed by atoms with Crippen LogP contribution in [-0.4, -0.2) is 80.6 Å². The largest absolute Gasteiger partial charge is 0.384 e. The lowest BCUT2D eigenvalue weighted by atomic mass is 9.79. The van der Waals surface area contributed by atoms with Crippen molar-refractivity contribution in [3.8, 4) is 0 Å². The first-order valence-electron chi connectivity index (χ1n) is 20.3. The normalized spacial score (nSPS) is 19.8. The molecule has 1 atom stereocenters. The van der Waals surface area contributed by atoms with Crippen LogP contribution < -0.4 is 37.5 Å². The van der Waals surface area contributed by atoms with Crippen molar-refractivity contribution in [2.45, 2.75) is 102 Å². The number of unbranched alkanes of at least 4 members (excludes halogenated alkanes) is 3. The van der Waals surface area contributed by atoms with E-state index in [1.165, 1.54) is 19.2 Å². The number of pyridine rings is 1. The van der Waals surface area contributed by atoms with E-state index in [2.05, 4.69) is 41.9 Å². The van der Waals surface area contributed by atoms with Crippen molar-refractivity contribution in [2.75, 3.05) is 35.6 Å². The number of amides is 6. The summed E-state index contributed by atoms with van der Waals surface area (Å²) >= 11 is 0. The monoisotopic (exact) mass is 792 g/mol. The molecular formula is C41H48N10O7. The van der Waals surface area contributed by atoms with Gasteiger partial charge in [0.15, 0.2) is 0 Å². The summed E-state index contributed by atoms with van der Waals surface area (Å²) < 4.78 is 1.67. The predicted molar refractivity (Wildman–Crippen MR) is 213 cm³/mol. The Hall–Kier alpha value is -6.13. The SMILES string of the molecule is Cc1cc(Nc2cc(NCCC(=O)NCCCCCCNc3cccc4c3C(=O)N(C3CCC(=O)NC3=O)C4=O)ncn2)c(=O)n2c1C(=O)NC21CCC2(CC2)CC1. The van der Waals surface area contributed by atoms with E-state index in [0.29, 0.717) is 59.3 Å². The summed E-state index contributed by atoms with van der Waals surface area (Å²) in [5.74, 6) is -1.53. The van der Waals surface area contributed by atoms with E-state index >= 15 is 0 Å². The van der Waals surface area contributed by atoms with Crippen LogP contribution in [0.5, 0.6) is 0 Å². The first-order chi connectivity index (χ1) is 28.0. The maximum absolute atomic E-state index is 13.9. The highest BCUT2D eigenvalue weighted by Gasteiger charge is 2.54. The zero-order chi connectivity index (χ0) is 40.6. The number of benzene rings is 1.